The van der Waals surface area contributed by atoms with E-state index in [0.29, 0.717) is 36.0 Å². The second-order valence-corrected chi connectivity index (χ2v) is 6.46. The van der Waals surface area contributed by atoms with Crippen LogP contribution in [-0.4, -0.2) is 24.1 Å². The highest BCUT2D eigenvalue weighted by atomic mass is 16.5. The Morgan fingerprint density at radius 1 is 0.963 bits per heavy atom. The van der Waals surface area contributed by atoms with Crippen molar-refractivity contribution in [1.29, 1.82) is 0 Å². The fraction of sp³-hybridized carbons (Fsp3) is 0.182. The van der Waals surface area contributed by atoms with Gasteiger partial charge in [-0.1, -0.05) is 29.8 Å². The molecule has 5 heteroatoms. The smallest absolute Gasteiger partial charge is 0.257 e. The molecule has 0 saturated carbocycles. The first-order chi connectivity index (χ1) is 13.2. The van der Waals surface area contributed by atoms with Gasteiger partial charge in [-0.25, -0.2) is 0 Å². The number of rotatable bonds is 3. The molecule has 1 aromatic heterocycles. The number of ether oxygens (including phenoxy) is 2. The topological polar surface area (TPSA) is 60.5 Å². The minimum absolute atomic E-state index is 0.215. The zero-order chi connectivity index (χ0) is 18.6. The third-order valence-electron chi connectivity index (χ3n) is 4.38. The lowest BCUT2D eigenvalue weighted by molar-refractivity contribution is 0.102. The second-order valence-electron chi connectivity index (χ2n) is 6.46. The Balaban J connectivity index is 1.48. The minimum Gasteiger partial charge on any atom is -0.490 e. The van der Waals surface area contributed by atoms with Gasteiger partial charge < -0.3 is 14.8 Å². The van der Waals surface area contributed by atoms with Crippen molar-refractivity contribution in [2.75, 3.05) is 18.5 Å². The van der Waals surface area contributed by atoms with Crippen LogP contribution in [0.2, 0.25) is 0 Å². The van der Waals surface area contributed by atoms with E-state index in [4.69, 9.17) is 9.47 Å². The number of fused-ring (bicyclic) bond motifs is 1. The second kappa shape index (κ2) is 7.50. The van der Waals surface area contributed by atoms with Gasteiger partial charge in [-0.3, -0.25) is 9.78 Å². The normalized spacial score (nSPS) is 12.9. The molecule has 1 aliphatic heterocycles. The Bertz CT molecular complexity index is 950. The van der Waals surface area contributed by atoms with Crippen LogP contribution in [0.15, 0.2) is 60.8 Å². The Labute approximate surface area is 158 Å². The Hall–Kier alpha value is -3.34. The average Bonchev–Trinajstić information content (AvgIpc) is 2.94. The van der Waals surface area contributed by atoms with E-state index in [1.165, 1.54) is 5.56 Å². The third-order valence-corrected chi connectivity index (χ3v) is 4.38. The van der Waals surface area contributed by atoms with Gasteiger partial charge in [-0.2, -0.15) is 0 Å². The number of pyridine rings is 1. The van der Waals surface area contributed by atoms with Crippen LogP contribution in [0.1, 0.15) is 22.3 Å². The van der Waals surface area contributed by atoms with Crippen molar-refractivity contribution in [2.24, 2.45) is 0 Å². The lowest BCUT2D eigenvalue weighted by atomic mass is 10.1. The van der Waals surface area contributed by atoms with Crippen molar-refractivity contribution in [2.45, 2.75) is 13.3 Å². The Morgan fingerprint density at radius 2 is 1.74 bits per heavy atom. The number of nitrogens with one attached hydrogen (secondary N) is 1. The molecule has 1 N–H and O–H groups in total. The minimum atomic E-state index is -0.215. The quantitative estimate of drug-likeness (QED) is 0.749. The van der Waals surface area contributed by atoms with E-state index in [0.717, 1.165) is 17.7 Å². The summed E-state index contributed by atoms with van der Waals surface area (Å²) in [6.45, 7) is 3.29. The van der Waals surface area contributed by atoms with Gasteiger partial charge in [-0.15, -0.1) is 0 Å². The predicted octanol–water partition coefficient (Wildman–Crippen LogP) is 4.47. The highest BCUT2D eigenvalue weighted by Crippen LogP contribution is 2.32. The van der Waals surface area contributed by atoms with Crippen molar-refractivity contribution in [1.82, 2.24) is 4.98 Å². The molecule has 4 rings (SSSR count). The number of amides is 1. The molecular formula is C22H20N2O3. The molecule has 0 saturated heterocycles. The van der Waals surface area contributed by atoms with E-state index < -0.39 is 0 Å². The molecule has 0 bridgehead atoms. The number of benzene rings is 2. The number of aryl methyl sites for hydroxylation is 1. The van der Waals surface area contributed by atoms with Crippen LogP contribution in [0.5, 0.6) is 11.5 Å². The third kappa shape index (κ3) is 3.92. The lowest BCUT2D eigenvalue weighted by Gasteiger charge is -2.10. The van der Waals surface area contributed by atoms with Crippen molar-refractivity contribution >= 4 is 11.6 Å². The summed E-state index contributed by atoms with van der Waals surface area (Å²) in [5.41, 5.74) is 4.22. The Kier molecular flexibility index (Phi) is 4.75. The van der Waals surface area contributed by atoms with E-state index in [1.807, 2.05) is 43.3 Å². The van der Waals surface area contributed by atoms with E-state index >= 15 is 0 Å². The average molecular weight is 360 g/mol. The van der Waals surface area contributed by atoms with Crippen molar-refractivity contribution in [3.05, 3.63) is 71.9 Å². The van der Waals surface area contributed by atoms with Crippen molar-refractivity contribution in [3.63, 3.8) is 0 Å². The van der Waals surface area contributed by atoms with Crippen LogP contribution in [-0.2, 0) is 0 Å². The molecule has 136 valence electrons. The SMILES string of the molecule is Cc1ccc(-c2ccc(C(=O)Nc3ccc4c(c3)OCCCO4)cn2)cc1. The lowest BCUT2D eigenvalue weighted by Crippen LogP contribution is -2.12. The molecule has 27 heavy (non-hydrogen) atoms. The van der Waals surface area contributed by atoms with Crippen LogP contribution in [0, 0.1) is 6.92 Å². The van der Waals surface area contributed by atoms with Crippen LogP contribution in [0.4, 0.5) is 5.69 Å². The number of nitrogens with zero attached hydrogens (tertiary/aromatic N) is 1. The number of anilines is 1. The first-order valence-corrected chi connectivity index (χ1v) is 8.93. The maximum Gasteiger partial charge on any atom is 0.257 e. The highest BCUT2D eigenvalue weighted by molar-refractivity contribution is 6.04. The molecule has 1 amide bonds. The summed E-state index contributed by atoms with van der Waals surface area (Å²) in [7, 11) is 0. The summed E-state index contributed by atoms with van der Waals surface area (Å²) in [6, 6.07) is 17.2. The molecule has 5 nitrogen and oxygen atoms in total. The molecule has 0 unspecified atom stereocenters. The first kappa shape index (κ1) is 17.1. The molecule has 2 aromatic carbocycles. The molecule has 1 aliphatic rings. The molecule has 0 fully saturated rings. The fourth-order valence-electron chi connectivity index (χ4n) is 2.87. The molecule has 0 aliphatic carbocycles. The molecule has 0 spiro atoms. The van der Waals surface area contributed by atoms with Gasteiger partial charge in [0.05, 0.1) is 24.5 Å². The Morgan fingerprint density at radius 3 is 2.48 bits per heavy atom. The molecule has 2 heterocycles. The maximum absolute atomic E-state index is 12.5. The maximum atomic E-state index is 12.5. The van der Waals surface area contributed by atoms with E-state index in [-0.39, 0.29) is 5.91 Å². The van der Waals surface area contributed by atoms with Gasteiger partial charge in [0.2, 0.25) is 0 Å². The van der Waals surface area contributed by atoms with E-state index in [2.05, 4.69) is 10.3 Å². The summed E-state index contributed by atoms with van der Waals surface area (Å²) in [4.78, 5) is 16.9. The van der Waals surface area contributed by atoms with Crippen LogP contribution < -0.4 is 14.8 Å². The molecular weight excluding hydrogens is 340 g/mol. The monoisotopic (exact) mass is 360 g/mol. The van der Waals surface area contributed by atoms with Gasteiger partial charge in [0, 0.05) is 29.9 Å². The zero-order valence-electron chi connectivity index (χ0n) is 15.1. The van der Waals surface area contributed by atoms with Crippen LogP contribution in [0.3, 0.4) is 0 Å². The number of aromatic nitrogens is 1. The first-order valence-electron chi connectivity index (χ1n) is 8.93. The van der Waals surface area contributed by atoms with Crippen molar-refractivity contribution < 1.29 is 14.3 Å². The number of carbonyl (C=O) groups excluding carboxylic acids is 1. The predicted molar refractivity (Wildman–Crippen MR) is 104 cm³/mol. The number of hydrogen-bond donors (Lipinski definition) is 1. The van der Waals surface area contributed by atoms with Crippen molar-refractivity contribution in [3.8, 4) is 22.8 Å². The van der Waals surface area contributed by atoms with Gasteiger partial charge in [-0.05, 0) is 31.2 Å². The summed E-state index contributed by atoms with van der Waals surface area (Å²) in [6.07, 6.45) is 2.43. The van der Waals surface area contributed by atoms with Gasteiger partial charge in [0.1, 0.15) is 0 Å². The van der Waals surface area contributed by atoms with Gasteiger partial charge in [0.25, 0.3) is 5.91 Å². The largest absolute Gasteiger partial charge is 0.490 e. The summed E-state index contributed by atoms with van der Waals surface area (Å²) in [5.74, 6) is 1.14. The van der Waals surface area contributed by atoms with E-state index in [9.17, 15) is 4.79 Å². The number of hydrogen-bond acceptors (Lipinski definition) is 4. The molecule has 0 radical (unpaired) electrons. The highest BCUT2D eigenvalue weighted by Gasteiger charge is 2.13. The van der Waals surface area contributed by atoms with Gasteiger partial charge >= 0.3 is 0 Å². The van der Waals surface area contributed by atoms with Crippen LogP contribution >= 0.6 is 0 Å². The fourth-order valence-corrected chi connectivity index (χ4v) is 2.87. The van der Waals surface area contributed by atoms with Gasteiger partial charge in [0.15, 0.2) is 11.5 Å². The number of carbonyl (C=O) groups is 1. The molecule has 0 atom stereocenters. The summed E-state index contributed by atoms with van der Waals surface area (Å²) in [5, 5.41) is 2.88. The zero-order valence-corrected chi connectivity index (χ0v) is 15.1. The standard InChI is InChI=1S/C22H20N2O3/c1-15-3-5-16(6-4-15)19-9-7-17(14-23-19)22(25)24-18-8-10-20-21(13-18)27-12-2-11-26-20/h3-10,13-14H,2,11-12H2,1H3,(H,24,25). The summed E-state index contributed by atoms with van der Waals surface area (Å²) >= 11 is 0. The van der Waals surface area contributed by atoms with E-state index in [1.54, 1.807) is 24.4 Å². The summed E-state index contributed by atoms with van der Waals surface area (Å²) < 4.78 is 11.3. The molecule has 3 aromatic rings. The van der Waals surface area contributed by atoms with Crippen LogP contribution in [0.25, 0.3) is 11.3 Å².